The minimum absolute atomic E-state index is 0.144. The number of aromatic nitrogens is 2. The fraction of sp³-hybridized carbons (Fsp3) is 0.267. The van der Waals surface area contributed by atoms with Gasteiger partial charge in [-0.15, -0.1) is 0 Å². The van der Waals surface area contributed by atoms with Gasteiger partial charge in [0.2, 0.25) is 0 Å². The van der Waals surface area contributed by atoms with Crippen molar-refractivity contribution in [2.75, 3.05) is 19.1 Å². The Morgan fingerprint density at radius 2 is 1.65 bits per heavy atom. The third-order valence-electron chi connectivity index (χ3n) is 7.20. The average Bonchev–Trinajstić information content (AvgIpc) is 3.39. The van der Waals surface area contributed by atoms with Gasteiger partial charge in [0, 0.05) is 23.7 Å². The van der Waals surface area contributed by atoms with Crippen LogP contribution in [0.1, 0.15) is 45.9 Å². The highest BCUT2D eigenvalue weighted by Crippen LogP contribution is 2.47. The SMILES string of the molecule is COc1ccc(N2C(=S)NC(c3ccccn3)C2c2cc(C)n(-c3c(C)cccc3C)c2C)c(OC)c1. The van der Waals surface area contributed by atoms with Crippen LogP contribution in [0, 0.1) is 27.7 Å². The standard InChI is InChI=1S/C30H32N4O2S/c1-18-10-9-11-19(2)28(18)33-20(3)16-23(21(33)4)29-27(24-12-7-8-15-31-24)32-30(37)34(29)25-14-13-22(35-5)17-26(25)36-6/h7-17,27,29H,1-6H3,(H,32,37). The summed E-state index contributed by atoms with van der Waals surface area (Å²) in [7, 11) is 3.32. The number of thiocarbonyl (C=S) groups is 1. The second kappa shape index (κ2) is 9.90. The van der Waals surface area contributed by atoms with Crippen LogP contribution >= 0.6 is 12.2 Å². The van der Waals surface area contributed by atoms with Gasteiger partial charge in [-0.3, -0.25) is 4.98 Å². The molecular formula is C30H32N4O2S. The van der Waals surface area contributed by atoms with E-state index in [1.807, 2.05) is 42.6 Å². The van der Waals surface area contributed by atoms with Crippen LogP contribution in [0.25, 0.3) is 5.69 Å². The molecule has 3 heterocycles. The van der Waals surface area contributed by atoms with Crippen molar-refractivity contribution in [3.63, 3.8) is 0 Å². The van der Waals surface area contributed by atoms with E-state index in [0.29, 0.717) is 10.9 Å². The summed E-state index contributed by atoms with van der Waals surface area (Å²) in [5.41, 5.74) is 9.03. The van der Waals surface area contributed by atoms with Crippen LogP contribution in [0.3, 0.4) is 0 Å². The second-order valence-electron chi connectivity index (χ2n) is 9.44. The summed E-state index contributed by atoms with van der Waals surface area (Å²) in [6, 6.07) is 20.3. The Balaban J connectivity index is 1.73. The first-order valence-electron chi connectivity index (χ1n) is 12.3. The van der Waals surface area contributed by atoms with Gasteiger partial charge in [-0.25, -0.2) is 0 Å². The number of ether oxygens (including phenoxy) is 2. The number of para-hydroxylation sites is 1. The van der Waals surface area contributed by atoms with Gasteiger partial charge >= 0.3 is 0 Å². The van der Waals surface area contributed by atoms with Gasteiger partial charge in [0.25, 0.3) is 0 Å². The van der Waals surface area contributed by atoms with E-state index in [0.717, 1.165) is 17.1 Å². The zero-order valence-corrected chi connectivity index (χ0v) is 22.9. The third kappa shape index (κ3) is 4.23. The normalized spacial score (nSPS) is 17.1. The second-order valence-corrected chi connectivity index (χ2v) is 9.82. The Kier molecular flexibility index (Phi) is 6.65. The fourth-order valence-corrected chi connectivity index (χ4v) is 5.84. The van der Waals surface area contributed by atoms with Crippen LogP contribution in [0.15, 0.2) is 66.9 Å². The Bertz CT molecular complexity index is 1440. The number of benzene rings is 2. The van der Waals surface area contributed by atoms with Crippen molar-refractivity contribution < 1.29 is 9.47 Å². The first-order chi connectivity index (χ1) is 17.8. The van der Waals surface area contributed by atoms with E-state index in [4.69, 9.17) is 26.7 Å². The number of anilines is 1. The summed E-state index contributed by atoms with van der Waals surface area (Å²) in [6.45, 7) is 8.68. The van der Waals surface area contributed by atoms with Crippen LogP contribution in [0.2, 0.25) is 0 Å². The molecule has 7 heteroatoms. The van der Waals surface area contributed by atoms with Crippen molar-refractivity contribution in [3.8, 4) is 17.2 Å². The number of methoxy groups -OCH3 is 2. The molecule has 2 aromatic heterocycles. The maximum atomic E-state index is 5.96. The molecule has 37 heavy (non-hydrogen) atoms. The third-order valence-corrected chi connectivity index (χ3v) is 7.51. The van der Waals surface area contributed by atoms with E-state index in [9.17, 15) is 0 Å². The highest BCUT2D eigenvalue weighted by Gasteiger charge is 2.43. The molecule has 2 aromatic carbocycles. The highest BCUT2D eigenvalue weighted by molar-refractivity contribution is 7.80. The lowest BCUT2D eigenvalue weighted by Crippen LogP contribution is -2.30. The van der Waals surface area contributed by atoms with E-state index in [-0.39, 0.29) is 12.1 Å². The number of pyridine rings is 1. The van der Waals surface area contributed by atoms with Crippen molar-refractivity contribution in [2.24, 2.45) is 0 Å². The number of rotatable bonds is 6. The lowest BCUT2D eigenvalue weighted by Gasteiger charge is -2.29. The lowest BCUT2D eigenvalue weighted by molar-refractivity contribution is 0.394. The molecule has 2 unspecified atom stereocenters. The van der Waals surface area contributed by atoms with Crippen molar-refractivity contribution in [2.45, 2.75) is 39.8 Å². The van der Waals surface area contributed by atoms with Gasteiger partial charge < -0.3 is 24.3 Å². The molecule has 1 aliphatic rings. The Labute approximate surface area is 223 Å². The summed E-state index contributed by atoms with van der Waals surface area (Å²) in [6.07, 6.45) is 1.83. The molecule has 0 saturated carbocycles. The van der Waals surface area contributed by atoms with E-state index >= 15 is 0 Å². The number of nitrogens with zero attached hydrogens (tertiary/aromatic N) is 3. The molecule has 2 atom stereocenters. The van der Waals surface area contributed by atoms with E-state index in [1.54, 1.807) is 14.2 Å². The largest absolute Gasteiger partial charge is 0.497 e. The number of aryl methyl sites for hydroxylation is 3. The van der Waals surface area contributed by atoms with Gasteiger partial charge in [-0.05, 0) is 86.9 Å². The maximum absolute atomic E-state index is 5.96. The highest BCUT2D eigenvalue weighted by atomic mass is 32.1. The molecular weight excluding hydrogens is 480 g/mol. The van der Waals surface area contributed by atoms with Crippen LogP contribution in [0.5, 0.6) is 11.5 Å². The molecule has 5 rings (SSSR count). The van der Waals surface area contributed by atoms with Crippen LogP contribution < -0.4 is 19.7 Å². The first kappa shape index (κ1) is 24.8. The van der Waals surface area contributed by atoms with Gasteiger partial charge in [0.05, 0.1) is 43.4 Å². The monoisotopic (exact) mass is 512 g/mol. The molecule has 0 spiro atoms. The van der Waals surface area contributed by atoms with Crippen LogP contribution in [-0.2, 0) is 0 Å². The van der Waals surface area contributed by atoms with E-state index < -0.39 is 0 Å². The molecule has 6 nitrogen and oxygen atoms in total. The smallest absolute Gasteiger partial charge is 0.174 e. The Hall–Kier alpha value is -3.84. The van der Waals surface area contributed by atoms with Gasteiger partial charge in [0.1, 0.15) is 11.5 Å². The summed E-state index contributed by atoms with van der Waals surface area (Å²) < 4.78 is 13.6. The van der Waals surface area contributed by atoms with Gasteiger partial charge in [0.15, 0.2) is 5.11 Å². The maximum Gasteiger partial charge on any atom is 0.174 e. The number of hydrogen-bond acceptors (Lipinski definition) is 4. The minimum atomic E-state index is -0.146. The van der Waals surface area contributed by atoms with Crippen molar-refractivity contribution in [1.29, 1.82) is 0 Å². The summed E-state index contributed by atoms with van der Waals surface area (Å²) in [5, 5.41) is 4.19. The quantitative estimate of drug-likeness (QED) is 0.306. The lowest BCUT2D eigenvalue weighted by atomic mass is 9.96. The topological polar surface area (TPSA) is 51.5 Å². The van der Waals surface area contributed by atoms with Crippen molar-refractivity contribution in [3.05, 3.63) is 101 Å². The molecule has 190 valence electrons. The van der Waals surface area contributed by atoms with Crippen molar-refractivity contribution in [1.82, 2.24) is 14.9 Å². The van der Waals surface area contributed by atoms with E-state index in [2.05, 4.69) is 66.7 Å². The fourth-order valence-electron chi connectivity index (χ4n) is 5.50. The zero-order chi connectivity index (χ0) is 26.3. The first-order valence-corrected chi connectivity index (χ1v) is 12.7. The molecule has 0 aliphatic carbocycles. The molecule has 0 amide bonds. The predicted octanol–water partition coefficient (Wildman–Crippen LogP) is 6.30. The molecule has 1 aliphatic heterocycles. The summed E-state index contributed by atoms with van der Waals surface area (Å²) in [5.74, 6) is 1.42. The van der Waals surface area contributed by atoms with Gasteiger partial charge in [-0.2, -0.15) is 0 Å². The molecule has 1 N–H and O–H groups in total. The average molecular weight is 513 g/mol. The van der Waals surface area contributed by atoms with Crippen LogP contribution in [-0.4, -0.2) is 28.9 Å². The Morgan fingerprint density at radius 1 is 0.892 bits per heavy atom. The predicted molar refractivity (Wildman–Crippen MR) is 152 cm³/mol. The molecule has 4 aromatic rings. The van der Waals surface area contributed by atoms with Crippen molar-refractivity contribution >= 4 is 23.0 Å². The Morgan fingerprint density at radius 3 is 2.30 bits per heavy atom. The van der Waals surface area contributed by atoms with Gasteiger partial charge in [-0.1, -0.05) is 24.3 Å². The summed E-state index contributed by atoms with van der Waals surface area (Å²) >= 11 is 5.96. The van der Waals surface area contributed by atoms with E-state index in [1.165, 1.54) is 33.8 Å². The minimum Gasteiger partial charge on any atom is -0.497 e. The zero-order valence-electron chi connectivity index (χ0n) is 22.1. The number of hydrogen-bond donors (Lipinski definition) is 1. The molecule has 1 saturated heterocycles. The molecule has 1 fully saturated rings. The van der Waals surface area contributed by atoms with Crippen LogP contribution in [0.4, 0.5) is 5.69 Å². The summed E-state index contributed by atoms with van der Waals surface area (Å²) in [4.78, 5) is 6.86. The molecule has 0 radical (unpaired) electrons. The number of nitrogens with one attached hydrogen (secondary N) is 1. The molecule has 0 bridgehead atoms.